The molecule has 3 fully saturated rings. The molecule has 148 valence electrons. The van der Waals surface area contributed by atoms with Crippen molar-refractivity contribution in [3.8, 4) is 0 Å². The molecule has 26 heavy (non-hydrogen) atoms. The number of nitrogens with zero attached hydrogens (tertiary/aromatic N) is 2. The standard InChI is InChI=1S/C20H34N2O4/c1-15-13-21(19(23)11-17-3-7-25-8-4-17)14-16(2)22(15)20(24)12-18-5-9-26-10-6-18/h15-18H,3-14H2,1-2H3/t15-,16+. The number of carbonyl (C=O) groups excluding carboxylic acids is 2. The molecule has 0 aromatic carbocycles. The van der Waals surface area contributed by atoms with Crippen LogP contribution in [0.2, 0.25) is 0 Å². The predicted octanol–water partition coefficient (Wildman–Crippen LogP) is 2.07. The summed E-state index contributed by atoms with van der Waals surface area (Å²) < 4.78 is 10.8. The molecule has 6 nitrogen and oxygen atoms in total. The van der Waals surface area contributed by atoms with Crippen LogP contribution in [0.15, 0.2) is 0 Å². The summed E-state index contributed by atoms with van der Waals surface area (Å²) in [5.74, 6) is 1.39. The molecule has 0 aliphatic carbocycles. The molecule has 2 atom stereocenters. The van der Waals surface area contributed by atoms with Crippen LogP contribution in [0.5, 0.6) is 0 Å². The molecule has 0 aromatic rings. The highest BCUT2D eigenvalue weighted by molar-refractivity contribution is 5.79. The summed E-state index contributed by atoms with van der Waals surface area (Å²) in [5, 5.41) is 0. The van der Waals surface area contributed by atoms with Gasteiger partial charge in [-0.3, -0.25) is 9.59 Å². The van der Waals surface area contributed by atoms with Crippen molar-refractivity contribution in [1.29, 1.82) is 0 Å². The van der Waals surface area contributed by atoms with Gasteiger partial charge in [-0.1, -0.05) is 0 Å². The van der Waals surface area contributed by atoms with Crippen LogP contribution < -0.4 is 0 Å². The van der Waals surface area contributed by atoms with Crippen molar-refractivity contribution >= 4 is 11.8 Å². The fraction of sp³-hybridized carbons (Fsp3) is 0.900. The molecule has 0 N–H and O–H groups in total. The molecule has 0 radical (unpaired) electrons. The zero-order chi connectivity index (χ0) is 18.5. The van der Waals surface area contributed by atoms with E-state index in [4.69, 9.17) is 9.47 Å². The Morgan fingerprint density at radius 1 is 0.769 bits per heavy atom. The van der Waals surface area contributed by atoms with Gasteiger partial charge in [0.2, 0.25) is 11.8 Å². The highest BCUT2D eigenvalue weighted by Crippen LogP contribution is 2.25. The maximum atomic E-state index is 12.8. The van der Waals surface area contributed by atoms with Gasteiger partial charge in [-0.05, 0) is 51.4 Å². The summed E-state index contributed by atoms with van der Waals surface area (Å²) >= 11 is 0. The van der Waals surface area contributed by atoms with Gasteiger partial charge in [-0.15, -0.1) is 0 Å². The molecule has 3 aliphatic rings. The highest BCUT2D eigenvalue weighted by atomic mass is 16.5. The fourth-order valence-electron chi connectivity index (χ4n) is 4.65. The first-order chi connectivity index (χ1) is 12.5. The van der Waals surface area contributed by atoms with Gasteiger partial charge < -0.3 is 19.3 Å². The number of ether oxygens (including phenoxy) is 2. The second-order valence-electron chi connectivity index (χ2n) is 8.32. The Kier molecular flexibility index (Phi) is 6.92. The molecule has 0 spiro atoms. The van der Waals surface area contributed by atoms with Crippen LogP contribution in [-0.2, 0) is 19.1 Å². The zero-order valence-electron chi connectivity index (χ0n) is 16.3. The van der Waals surface area contributed by atoms with Crippen molar-refractivity contribution in [3.05, 3.63) is 0 Å². The third-order valence-electron chi connectivity index (χ3n) is 6.17. The number of carbonyl (C=O) groups is 2. The number of rotatable bonds is 4. The lowest BCUT2D eigenvalue weighted by Gasteiger charge is -2.45. The number of hydrogen-bond acceptors (Lipinski definition) is 4. The van der Waals surface area contributed by atoms with Gasteiger partial charge in [0.05, 0.1) is 0 Å². The first-order valence-electron chi connectivity index (χ1n) is 10.3. The largest absolute Gasteiger partial charge is 0.381 e. The van der Waals surface area contributed by atoms with Crippen LogP contribution in [0.1, 0.15) is 52.4 Å². The van der Waals surface area contributed by atoms with E-state index in [1.807, 2.05) is 9.80 Å². The summed E-state index contributed by atoms with van der Waals surface area (Å²) in [7, 11) is 0. The average Bonchev–Trinajstić information content (AvgIpc) is 2.62. The Balaban J connectivity index is 1.51. The Morgan fingerprint density at radius 3 is 1.65 bits per heavy atom. The molecule has 6 heteroatoms. The number of piperazine rings is 1. The minimum atomic E-state index is 0.0877. The lowest BCUT2D eigenvalue weighted by Crippen LogP contribution is -2.60. The highest BCUT2D eigenvalue weighted by Gasteiger charge is 2.36. The summed E-state index contributed by atoms with van der Waals surface area (Å²) in [6.07, 6.45) is 5.18. The first kappa shape index (κ1) is 19.6. The molecule has 0 bridgehead atoms. The quantitative estimate of drug-likeness (QED) is 0.764. The average molecular weight is 367 g/mol. The third kappa shape index (κ3) is 4.97. The maximum absolute atomic E-state index is 12.8. The van der Waals surface area contributed by atoms with Crippen molar-refractivity contribution in [3.63, 3.8) is 0 Å². The van der Waals surface area contributed by atoms with Crippen LogP contribution in [0.3, 0.4) is 0 Å². The number of amides is 2. The van der Waals surface area contributed by atoms with E-state index in [1.165, 1.54) is 0 Å². The Morgan fingerprint density at radius 2 is 1.19 bits per heavy atom. The van der Waals surface area contributed by atoms with E-state index in [0.717, 1.165) is 52.1 Å². The fourth-order valence-corrected chi connectivity index (χ4v) is 4.65. The topological polar surface area (TPSA) is 59.1 Å². The molecule has 0 saturated carbocycles. The summed E-state index contributed by atoms with van der Waals surface area (Å²) in [6.45, 7) is 8.57. The van der Waals surface area contributed by atoms with Crippen LogP contribution >= 0.6 is 0 Å². The molecule has 3 aliphatic heterocycles. The summed E-state index contributed by atoms with van der Waals surface area (Å²) in [5.41, 5.74) is 0. The molecule has 3 saturated heterocycles. The minimum absolute atomic E-state index is 0.0877. The smallest absolute Gasteiger partial charge is 0.223 e. The lowest BCUT2D eigenvalue weighted by atomic mass is 9.94. The SMILES string of the molecule is C[C@@H]1CN(C(=O)CC2CCOCC2)C[C@H](C)N1C(=O)CC1CCOCC1. The number of hydrogen-bond donors (Lipinski definition) is 0. The van der Waals surface area contributed by atoms with Gasteiger partial charge in [0.15, 0.2) is 0 Å². The van der Waals surface area contributed by atoms with Crippen molar-refractivity contribution in [2.45, 2.75) is 64.5 Å². The van der Waals surface area contributed by atoms with Gasteiger partial charge in [0.25, 0.3) is 0 Å². The lowest BCUT2D eigenvalue weighted by molar-refractivity contribution is -0.148. The molecule has 0 aromatic heterocycles. The van der Waals surface area contributed by atoms with E-state index in [9.17, 15) is 9.59 Å². The monoisotopic (exact) mass is 366 g/mol. The van der Waals surface area contributed by atoms with Gasteiger partial charge in [0.1, 0.15) is 0 Å². The first-order valence-corrected chi connectivity index (χ1v) is 10.3. The van der Waals surface area contributed by atoms with E-state index in [2.05, 4.69) is 13.8 Å². The second-order valence-corrected chi connectivity index (χ2v) is 8.32. The molecular formula is C20H34N2O4. The van der Waals surface area contributed by atoms with Crippen molar-refractivity contribution < 1.29 is 19.1 Å². The zero-order valence-corrected chi connectivity index (χ0v) is 16.3. The van der Waals surface area contributed by atoms with Gasteiger partial charge in [0, 0.05) is 64.4 Å². The third-order valence-corrected chi connectivity index (χ3v) is 6.17. The van der Waals surface area contributed by atoms with E-state index in [1.54, 1.807) is 0 Å². The molecule has 3 rings (SSSR count). The van der Waals surface area contributed by atoms with E-state index in [0.29, 0.717) is 37.8 Å². The molecule has 3 heterocycles. The van der Waals surface area contributed by atoms with E-state index >= 15 is 0 Å². The minimum Gasteiger partial charge on any atom is -0.381 e. The summed E-state index contributed by atoms with van der Waals surface area (Å²) in [6, 6.07) is 0.175. The van der Waals surface area contributed by atoms with Crippen molar-refractivity contribution in [2.75, 3.05) is 39.5 Å². The van der Waals surface area contributed by atoms with Crippen LogP contribution in [0, 0.1) is 11.8 Å². The van der Waals surface area contributed by atoms with Crippen molar-refractivity contribution in [1.82, 2.24) is 9.80 Å². The molecule has 2 amide bonds. The predicted molar refractivity (Wildman–Crippen MR) is 98.7 cm³/mol. The van der Waals surface area contributed by atoms with E-state index in [-0.39, 0.29) is 23.9 Å². The molecule has 0 unspecified atom stereocenters. The Hall–Kier alpha value is -1.14. The van der Waals surface area contributed by atoms with Crippen molar-refractivity contribution in [2.24, 2.45) is 11.8 Å². The maximum Gasteiger partial charge on any atom is 0.223 e. The Labute approximate surface area is 157 Å². The normalized spacial score (nSPS) is 29.0. The van der Waals surface area contributed by atoms with Crippen LogP contribution in [-0.4, -0.2) is 73.2 Å². The summed E-state index contributed by atoms with van der Waals surface area (Å²) in [4.78, 5) is 29.6. The van der Waals surface area contributed by atoms with Gasteiger partial charge in [-0.2, -0.15) is 0 Å². The van der Waals surface area contributed by atoms with Gasteiger partial charge in [-0.25, -0.2) is 0 Å². The van der Waals surface area contributed by atoms with Gasteiger partial charge >= 0.3 is 0 Å². The van der Waals surface area contributed by atoms with Crippen LogP contribution in [0.4, 0.5) is 0 Å². The van der Waals surface area contributed by atoms with E-state index < -0.39 is 0 Å². The van der Waals surface area contributed by atoms with Crippen LogP contribution in [0.25, 0.3) is 0 Å². The Bertz CT molecular complexity index is 474. The second kappa shape index (κ2) is 9.18. The molecular weight excluding hydrogens is 332 g/mol.